The van der Waals surface area contributed by atoms with Crippen LogP contribution in [-0.4, -0.2) is 50.5 Å². The van der Waals surface area contributed by atoms with E-state index in [1.165, 1.54) is 4.90 Å². The van der Waals surface area contributed by atoms with Crippen LogP contribution in [0.2, 0.25) is 0 Å². The maximum absolute atomic E-state index is 13.4. The topological polar surface area (TPSA) is 86.8 Å². The van der Waals surface area contributed by atoms with Crippen LogP contribution in [0.5, 0.6) is 0 Å². The van der Waals surface area contributed by atoms with Crippen LogP contribution in [0.3, 0.4) is 0 Å². The minimum Gasteiger partial charge on any atom is -0.355 e. The molecule has 2 rings (SSSR count). The van der Waals surface area contributed by atoms with Gasteiger partial charge in [0.15, 0.2) is 0 Å². The van der Waals surface area contributed by atoms with Gasteiger partial charge in [-0.3, -0.25) is 13.9 Å². The third-order valence-corrected chi connectivity index (χ3v) is 6.74. The van der Waals surface area contributed by atoms with Gasteiger partial charge in [0.25, 0.3) is 0 Å². The molecule has 0 spiro atoms. The first-order chi connectivity index (χ1) is 14.9. The first kappa shape index (κ1) is 25.9. The van der Waals surface area contributed by atoms with Crippen LogP contribution in [0.4, 0.5) is 5.69 Å². The number of aryl methyl sites for hydroxylation is 2. The van der Waals surface area contributed by atoms with Gasteiger partial charge in [0.1, 0.15) is 12.6 Å². The summed E-state index contributed by atoms with van der Waals surface area (Å²) in [7, 11) is -3.74. The molecular weight excluding hydrogens is 494 g/mol. The summed E-state index contributed by atoms with van der Waals surface area (Å²) in [6.07, 6.45) is 1.08. The van der Waals surface area contributed by atoms with Crippen molar-refractivity contribution in [3.63, 3.8) is 0 Å². The first-order valence-corrected chi connectivity index (χ1v) is 12.9. The number of hydrogen-bond donors (Lipinski definition) is 1. The molecular formula is C23H30BrN3O4S. The van der Waals surface area contributed by atoms with Gasteiger partial charge >= 0.3 is 0 Å². The highest BCUT2D eigenvalue weighted by atomic mass is 79.9. The third-order valence-electron chi connectivity index (χ3n) is 5.08. The molecule has 0 saturated heterocycles. The Kier molecular flexibility index (Phi) is 8.86. The molecule has 174 valence electrons. The highest BCUT2D eigenvalue weighted by Crippen LogP contribution is 2.24. The average Bonchev–Trinajstić information content (AvgIpc) is 2.71. The van der Waals surface area contributed by atoms with Gasteiger partial charge in [-0.05, 0) is 57.0 Å². The van der Waals surface area contributed by atoms with E-state index < -0.39 is 28.5 Å². The Labute approximate surface area is 199 Å². The molecule has 7 nitrogen and oxygen atoms in total. The van der Waals surface area contributed by atoms with E-state index in [4.69, 9.17) is 0 Å². The van der Waals surface area contributed by atoms with Crippen molar-refractivity contribution < 1.29 is 18.0 Å². The number of rotatable bonds is 9. The van der Waals surface area contributed by atoms with Crippen molar-refractivity contribution in [1.29, 1.82) is 0 Å². The lowest BCUT2D eigenvalue weighted by Gasteiger charge is -2.32. The molecule has 2 aromatic carbocycles. The van der Waals surface area contributed by atoms with E-state index >= 15 is 0 Å². The molecule has 0 radical (unpaired) electrons. The first-order valence-electron chi connectivity index (χ1n) is 10.3. The van der Waals surface area contributed by atoms with Crippen molar-refractivity contribution in [1.82, 2.24) is 10.2 Å². The molecule has 1 atom stereocenters. The van der Waals surface area contributed by atoms with Crippen molar-refractivity contribution in [3.05, 3.63) is 63.6 Å². The van der Waals surface area contributed by atoms with E-state index in [2.05, 4.69) is 21.2 Å². The normalized spacial score (nSPS) is 12.2. The van der Waals surface area contributed by atoms with Crippen LogP contribution < -0.4 is 9.62 Å². The van der Waals surface area contributed by atoms with Gasteiger partial charge in [-0.15, -0.1) is 0 Å². The van der Waals surface area contributed by atoms with Crippen LogP contribution in [0.1, 0.15) is 30.5 Å². The van der Waals surface area contributed by atoms with E-state index in [0.29, 0.717) is 12.2 Å². The van der Waals surface area contributed by atoms with Gasteiger partial charge in [-0.25, -0.2) is 8.42 Å². The molecule has 0 fully saturated rings. The summed E-state index contributed by atoms with van der Waals surface area (Å²) in [5.74, 6) is -0.757. The second-order valence-corrected chi connectivity index (χ2v) is 10.6. The summed E-state index contributed by atoms with van der Waals surface area (Å²) in [6, 6.07) is 12.0. The van der Waals surface area contributed by atoms with E-state index in [9.17, 15) is 18.0 Å². The predicted molar refractivity (Wildman–Crippen MR) is 131 cm³/mol. The zero-order chi connectivity index (χ0) is 24.1. The summed E-state index contributed by atoms with van der Waals surface area (Å²) in [5, 5.41) is 2.73. The molecule has 0 heterocycles. The standard InChI is InChI=1S/C23H30BrN3O4S/c1-6-25-23(29)18(4)26(14-19-8-10-20(24)11-9-19)22(28)15-27(32(5,30)31)21-12-7-16(2)13-17(21)3/h7-13,18H,6,14-15H2,1-5H3,(H,25,29)/t18-/m0/s1. The quantitative estimate of drug-likeness (QED) is 0.545. The van der Waals surface area contributed by atoms with Crippen molar-refractivity contribution in [2.24, 2.45) is 0 Å². The predicted octanol–water partition coefficient (Wildman–Crippen LogP) is 3.39. The lowest BCUT2D eigenvalue weighted by Crippen LogP contribution is -2.51. The fourth-order valence-corrected chi connectivity index (χ4v) is 4.54. The molecule has 0 bridgehead atoms. The number of carbonyl (C=O) groups excluding carboxylic acids is 2. The molecule has 2 amide bonds. The summed E-state index contributed by atoms with van der Waals surface area (Å²) < 4.78 is 27.2. The number of carbonyl (C=O) groups is 2. The molecule has 0 saturated carbocycles. The van der Waals surface area contributed by atoms with E-state index in [0.717, 1.165) is 31.7 Å². The summed E-state index contributed by atoms with van der Waals surface area (Å²) in [5.41, 5.74) is 3.02. The Morgan fingerprint density at radius 3 is 2.25 bits per heavy atom. The number of nitrogens with zero attached hydrogens (tertiary/aromatic N) is 2. The van der Waals surface area contributed by atoms with Crippen molar-refractivity contribution in [2.75, 3.05) is 23.7 Å². The van der Waals surface area contributed by atoms with Gasteiger partial charge in [0, 0.05) is 17.6 Å². The highest BCUT2D eigenvalue weighted by Gasteiger charge is 2.30. The number of nitrogens with one attached hydrogen (secondary N) is 1. The van der Waals surface area contributed by atoms with E-state index in [1.807, 2.05) is 50.2 Å². The van der Waals surface area contributed by atoms with Crippen LogP contribution in [0, 0.1) is 13.8 Å². The largest absolute Gasteiger partial charge is 0.355 e. The SMILES string of the molecule is CCNC(=O)[C@H](C)N(Cc1ccc(Br)cc1)C(=O)CN(c1ccc(C)cc1C)S(C)(=O)=O. The van der Waals surface area contributed by atoms with Crippen molar-refractivity contribution in [2.45, 2.75) is 40.3 Å². The molecule has 0 aliphatic heterocycles. The molecule has 2 aromatic rings. The summed E-state index contributed by atoms with van der Waals surface area (Å²) >= 11 is 3.39. The van der Waals surface area contributed by atoms with Gasteiger partial charge in [0.05, 0.1) is 11.9 Å². The van der Waals surface area contributed by atoms with Crippen LogP contribution >= 0.6 is 15.9 Å². The molecule has 0 aliphatic rings. The second kappa shape index (κ2) is 11.0. The zero-order valence-electron chi connectivity index (χ0n) is 19.1. The number of hydrogen-bond acceptors (Lipinski definition) is 4. The Morgan fingerprint density at radius 2 is 1.72 bits per heavy atom. The summed E-state index contributed by atoms with van der Waals surface area (Å²) in [6.45, 7) is 7.38. The van der Waals surface area contributed by atoms with E-state index in [1.54, 1.807) is 19.9 Å². The second-order valence-electron chi connectivity index (χ2n) is 7.78. The minimum absolute atomic E-state index is 0.175. The lowest BCUT2D eigenvalue weighted by atomic mass is 10.1. The molecule has 32 heavy (non-hydrogen) atoms. The number of anilines is 1. The lowest BCUT2D eigenvalue weighted by molar-refractivity contribution is -0.139. The maximum Gasteiger partial charge on any atom is 0.244 e. The monoisotopic (exact) mass is 523 g/mol. The maximum atomic E-state index is 13.4. The number of likely N-dealkylation sites (N-methyl/N-ethyl adjacent to an activating group) is 1. The highest BCUT2D eigenvalue weighted by molar-refractivity contribution is 9.10. The Balaban J connectivity index is 2.40. The number of amides is 2. The van der Waals surface area contributed by atoms with E-state index in [-0.39, 0.29) is 12.5 Å². The number of benzene rings is 2. The third kappa shape index (κ3) is 6.80. The molecule has 0 unspecified atom stereocenters. The Bertz CT molecular complexity index is 1070. The fraction of sp³-hybridized carbons (Fsp3) is 0.391. The molecule has 0 aliphatic carbocycles. The molecule has 1 N–H and O–H groups in total. The van der Waals surface area contributed by atoms with Crippen LogP contribution in [-0.2, 0) is 26.2 Å². The smallest absolute Gasteiger partial charge is 0.244 e. The number of sulfonamides is 1. The Morgan fingerprint density at radius 1 is 1.09 bits per heavy atom. The van der Waals surface area contributed by atoms with Gasteiger partial charge in [-0.2, -0.15) is 0 Å². The van der Waals surface area contributed by atoms with Crippen LogP contribution in [0.25, 0.3) is 0 Å². The van der Waals surface area contributed by atoms with Crippen molar-refractivity contribution >= 4 is 43.5 Å². The van der Waals surface area contributed by atoms with Gasteiger partial charge in [-0.1, -0.05) is 45.8 Å². The van der Waals surface area contributed by atoms with Gasteiger partial charge < -0.3 is 10.2 Å². The minimum atomic E-state index is -3.74. The van der Waals surface area contributed by atoms with Gasteiger partial charge in [0.2, 0.25) is 21.8 Å². The molecule has 9 heteroatoms. The number of halogens is 1. The Hall–Kier alpha value is -2.39. The fourth-order valence-electron chi connectivity index (χ4n) is 3.37. The zero-order valence-corrected chi connectivity index (χ0v) is 21.5. The van der Waals surface area contributed by atoms with Crippen LogP contribution in [0.15, 0.2) is 46.9 Å². The average molecular weight is 524 g/mol. The summed E-state index contributed by atoms with van der Waals surface area (Å²) in [4.78, 5) is 27.3. The van der Waals surface area contributed by atoms with Crippen molar-refractivity contribution in [3.8, 4) is 0 Å². The molecule has 0 aromatic heterocycles.